The third-order valence-electron chi connectivity index (χ3n) is 5.39. The van der Waals surface area contributed by atoms with Crippen molar-refractivity contribution in [3.05, 3.63) is 75.4 Å². The van der Waals surface area contributed by atoms with E-state index in [2.05, 4.69) is 30.5 Å². The molecule has 1 aliphatic carbocycles. The number of para-hydroxylation sites is 1. The Labute approximate surface area is 146 Å². The average molecular weight is 336 g/mol. The van der Waals surface area contributed by atoms with Crippen LogP contribution in [0.25, 0.3) is 0 Å². The van der Waals surface area contributed by atoms with Crippen LogP contribution in [-0.4, -0.2) is 12.0 Å². The third-order valence-corrected chi connectivity index (χ3v) is 5.39. The van der Waals surface area contributed by atoms with Gasteiger partial charge in [-0.05, 0) is 36.5 Å². The van der Waals surface area contributed by atoms with Crippen LogP contribution in [0.4, 0.5) is 11.4 Å². The molecule has 1 heterocycles. The summed E-state index contributed by atoms with van der Waals surface area (Å²) >= 11 is 0. The van der Waals surface area contributed by atoms with E-state index < -0.39 is 0 Å². The molecule has 0 saturated carbocycles. The molecule has 0 unspecified atom stereocenters. The van der Waals surface area contributed by atoms with Gasteiger partial charge in [0.05, 0.1) is 29.3 Å². The van der Waals surface area contributed by atoms with E-state index in [0.717, 1.165) is 23.4 Å². The van der Waals surface area contributed by atoms with E-state index in [1.165, 1.54) is 11.1 Å². The number of benzene rings is 2. The van der Waals surface area contributed by atoms with Gasteiger partial charge in [0.1, 0.15) is 5.75 Å². The highest BCUT2D eigenvalue weighted by Gasteiger charge is 2.41. The summed E-state index contributed by atoms with van der Waals surface area (Å²) in [6.45, 7) is 2.11. The normalized spacial score (nSPS) is 23.5. The van der Waals surface area contributed by atoms with Crippen LogP contribution in [0.5, 0.6) is 5.75 Å². The number of fused-ring (bicyclic) bond motifs is 3. The minimum absolute atomic E-state index is 0.121. The van der Waals surface area contributed by atoms with E-state index in [9.17, 15) is 10.1 Å². The number of nitrogens with zero attached hydrogens (tertiary/aromatic N) is 1. The topological polar surface area (TPSA) is 64.4 Å². The lowest BCUT2D eigenvalue weighted by Gasteiger charge is -2.38. The number of rotatable bonds is 3. The molecule has 2 aromatic rings. The van der Waals surface area contributed by atoms with E-state index in [-0.39, 0.29) is 28.5 Å². The summed E-state index contributed by atoms with van der Waals surface area (Å²) in [5.74, 6) is 1.29. The summed E-state index contributed by atoms with van der Waals surface area (Å²) < 4.78 is 5.56. The molecular formula is C20H20N2O3. The Kier molecular flexibility index (Phi) is 3.71. The van der Waals surface area contributed by atoms with Gasteiger partial charge in [-0.3, -0.25) is 10.1 Å². The number of methoxy groups -OCH3 is 1. The Bertz CT molecular complexity index is 875. The van der Waals surface area contributed by atoms with Gasteiger partial charge in [0.2, 0.25) is 0 Å². The van der Waals surface area contributed by atoms with E-state index in [4.69, 9.17) is 4.74 Å². The summed E-state index contributed by atoms with van der Waals surface area (Å²) in [7, 11) is 1.66. The lowest BCUT2D eigenvalue weighted by molar-refractivity contribution is -0.385. The fourth-order valence-corrected chi connectivity index (χ4v) is 4.27. The fraction of sp³-hybridized carbons (Fsp3) is 0.300. The highest BCUT2D eigenvalue weighted by atomic mass is 16.6. The summed E-state index contributed by atoms with van der Waals surface area (Å²) in [5, 5.41) is 15.1. The zero-order valence-corrected chi connectivity index (χ0v) is 14.2. The monoisotopic (exact) mass is 336 g/mol. The van der Waals surface area contributed by atoms with Gasteiger partial charge in [0.15, 0.2) is 0 Å². The summed E-state index contributed by atoms with van der Waals surface area (Å²) in [5.41, 5.74) is 4.32. The van der Waals surface area contributed by atoms with Crippen LogP contribution in [0.2, 0.25) is 0 Å². The zero-order chi connectivity index (χ0) is 17.6. The first-order valence-corrected chi connectivity index (χ1v) is 8.46. The van der Waals surface area contributed by atoms with Gasteiger partial charge in [0.25, 0.3) is 5.69 Å². The van der Waals surface area contributed by atoms with Crippen molar-refractivity contribution in [2.75, 3.05) is 12.4 Å². The lowest BCUT2D eigenvalue weighted by Crippen LogP contribution is -2.30. The average Bonchev–Trinajstić information content (AvgIpc) is 3.10. The van der Waals surface area contributed by atoms with Gasteiger partial charge in [-0.2, -0.15) is 0 Å². The Morgan fingerprint density at radius 3 is 2.80 bits per heavy atom. The number of hydrogen-bond acceptors (Lipinski definition) is 4. The van der Waals surface area contributed by atoms with Crippen LogP contribution in [0.15, 0.2) is 48.6 Å². The third kappa shape index (κ3) is 2.38. The van der Waals surface area contributed by atoms with Crippen LogP contribution in [0, 0.1) is 23.0 Å². The van der Waals surface area contributed by atoms with Crippen molar-refractivity contribution in [1.29, 1.82) is 0 Å². The largest absolute Gasteiger partial charge is 0.495 e. The Morgan fingerprint density at radius 2 is 2.04 bits per heavy atom. The molecule has 2 aromatic carbocycles. The maximum absolute atomic E-state index is 11.5. The molecule has 0 spiro atoms. The highest BCUT2D eigenvalue weighted by Crippen LogP contribution is 2.54. The molecular weight excluding hydrogens is 316 g/mol. The number of nitrogens with one attached hydrogen (secondary N) is 1. The molecule has 5 nitrogen and oxygen atoms in total. The first-order chi connectivity index (χ1) is 12.1. The van der Waals surface area contributed by atoms with Crippen molar-refractivity contribution in [1.82, 2.24) is 0 Å². The van der Waals surface area contributed by atoms with Gasteiger partial charge in [-0.25, -0.2) is 0 Å². The smallest absolute Gasteiger partial charge is 0.274 e. The van der Waals surface area contributed by atoms with Crippen molar-refractivity contribution in [3.8, 4) is 5.75 Å². The molecule has 25 heavy (non-hydrogen) atoms. The Hall–Kier alpha value is -2.82. The first-order valence-electron chi connectivity index (χ1n) is 8.46. The number of nitro benzene ring substituents is 1. The van der Waals surface area contributed by atoms with Gasteiger partial charge in [-0.15, -0.1) is 0 Å². The second kappa shape index (κ2) is 5.92. The molecule has 0 aromatic heterocycles. The molecule has 0 amide bonds. The first kappa shape index (κ1) is 15.7. The number of hydrogen-bond donors (Lipinski definition) is 1. The molecule has 128 valence electrons. The van der Waals surface area contributed by atoms with Crippen molar-refractivity contribution in [3.63, 3.8) is 0 Å². The quantitative estimate of drug-likeness (QED) is 0.499. The van der Waals surface area contributed by atoms with Gasteiger partial charge in [0, 0.05) is 12.0 Å². The number of allylic oxidation sites excluding steroid dienone is 2. The number of ether oxygens (including phenoxy) is 1. The molecule has 1 N–H and O–H groups in total. The molecule has 0 saturated heterocycles. The lowest BCUT2D eigenvalue weighted by atomic mass is 9.75. The van der Waals surface area contributed by atoms with Crippen molar-refractivity contribution >= 4 is 11.4 Å². The SMILES string of the molecule is COc1ccc(C)c2c1N[C@@H](c1ccccc1[N+](=O)[O-])[C@@H]1CC=C[C@H]21. The molecule has 0 radical (unpaired) electrons. The van der Waals surface area contributed by atoms with Gasteiger partial charge in [-0.1, -0.05) is 36.4 Å². The Balaban J connectivity index is 1.89. The van der Waals surface area contributed by atoms with E-state index in [0.29, 0.717) is 0 Å². The van der Waals surface area contributed by atoms with Gasteiger partial charge >= 0.3 is 0 Å². The number of anilines is 1. The highest BCUT2D eigenvalue weighted by molar-refractivity contribution is 5.70. The van der Waals surface area contributed by atoms with Gasteiger partial charge < -0.3 is 10.1 Å². The van der Waals surface area contributed by atoms with Crippen molar-refractivity contribution in [2.24, 2.45) is 5.92 Å². The van der Waals surface area contributed by atoms with Crippen molar-refractivity contribution in [2.45, 2.75) is 25.3 Å². The Morgan fingerprint density at radius 1 is 1.24 bits per heavy atom. The van der Waals surface area contributed by atoms with Crippen molar-refractivity contribution < 1.29 is 9.66 Å². The predicted molar refractivity (Wildman–Crippen MR) is 97.2 cm³/mol. The van der Waals surface area contributed by atoms with Crippen LogP contribution >= 0.6 is 0 Å². The fourth-order valence-electron chi connectivity index (χ4n) is 4.27. The number of nitro groups is 1. The molecule has 1 aliphatic heterocycles. The minimum Gasteiger partial charge on any atom is -0.495 e. The minimum atomic E-state index is -0.294. The van der Waals surface area contributed by atoms with Crippen LogP contribution < -0.4 is 10.1 Å². The second-order valence-corrected chi connectivity index (χ2v) is 6.66. The van der Waals surface area contributed by atoms with Crippen LogP contribution in [-0.2, 0) is 0 Å². The molecule has 2 aliphatic rings. The van der Waals surface area contributed by atoms with E-state index in [1.54, 1.807) is 19.2 Å². The van der Waals surface area contributed by atoms with E-state index in [1.807, 2.05) is 18.2 Å². The van der Waals surface area contributed by atoms with Crippen LogP contribution in [0.1, 0.15) is 35.1 Å². The molecule has 3 atom stereocenters. The second-order valence-electron chi connectivity index (χ2n) is 6.66. The summed E-state index contributed by atoms with van der Waals surface area (Å²) in [6, 6.07) is 10.9. The van der Waals surface area contributed by atoms with Crippen LogP contribution in [0.3, 0.4) is 0 Å². The molecule has 5 heteroatoms. The maximum Gasteiger partial charge on any atom is 0.274 e. The number of aryl methyl sites for hydroxylation is 1. The maximum atomic E-state index is 11.5. The zero-order valence-electron chi connectivity index (χ0n) is 14.2. The van der Waals surface area contributed by atoms with E-state index >= 15 is 0 Å². The summed E-state index contributed by atoms with van der Waals surface area (Å²) in [6.07, 6.45) is 5.33. The standard InChI is InChI=1S/C20H20N2O3/c1-12-10-11-17(25-2)20-18(12)13-7-5-8-14(13)19(21-20)15-6-3-4-9-16(15)22(23)24/h3-7,9-11,13-14,19,21H,8H2,1-2H3/t13-,14+,19+/m0/s1. The summed E-state index contributed by atoms with van der Waals surface area (Å²) in [4.78, 5) is 11.2. The molecule has 4 rings (SSSR count). The molecule has 0 fully saturated rings. The predicted octanol–water partition coefficient (Wildman–Crippen LogP) is 4.74. The molecule has 0 bridgehead atoms.